The second-order valence-electron chi connectivity index (χ2n) is 3.73. The summed E-state index contributed by atoms with van der Waals surface area (Å²) in [6.07, 6.45) is 1.77. The van der Waals surface area contributed by atoms with Gasteiger partial charge in [-0.2, -0.15) is 5.26 Å². The number of thioether (sulfide) groups is 1. The van der Waals surface area contributed by atoms with Crippen LogP contribution in [0.3, 0.4) is 0 Å². The maximum Gasteiger partial charge on any atom is 0.106 e. The van der Waals surface area contributed by atoms with Crippen molar-refractivity contribution >= 4 is 11.8 Å². The molecule has 0 spiro atoms. The Kier molecular flexibility index (Phi) is 4.23. The molecule has 0 saturated carbocycles. The van der Waals surface area contributed by atoms with Gasteiger partial charge in [0.05, 0.1) is 6.07 Å². The Morgan fingerprint density at radius 3 is 2.13 bits per heavy atom. The van der Waals surface area contributed by atoms with Crippen molar-refractivity contribution in [3.8, 4) is 6.07 Å². The molecule has 80 valence electrons. The molecule has 0 amide bonds. The summed E-state index contributed by atoms with van der Waals surface area (Å²) in [4.78, 5) is 1.19. The van der Waals surface area contributed by atoms with Gasteiger partial charge in [-0.25, -0.2) is 0 Å². The first-order chi connectivity index (χ1) is 7.15. The number of rotatable bonds is 4. The highest BCUT2D eigenvalue weighted by Gasteiger charge is 2.26. The molecule has 1 nitrogen and oxygen atoms in total. The molecule has 0 unspecified atom stereocenters. The fourth-order valence-corrected chi connectivity index (χ4v) is 2.46. The third-order valence-electron chi connectivity index (χ3n) is 2.68. The van der Waals surface area contributed by atoms with E-state index in [2.05, 4.69) is 51.1 Å². The van der Waals surface area contributed by atoms with Crippen molar-refractivity contribution in [2.24, 2.45) is 0 Å². The van der Waals surface area contributed by atoms with Gasteiger partial charge in [-0.3, -0.25) is 0 Å². The Labute approximate surface area is 96.5 Å². The first-order valence-corrected chi connectivity index (χ1v) is 6.14. The molecule has 0 aliphatic carbocycles. The topological polar surface area (TPSA) is 23.8 Å². The van der Waals surface area contributed by atoms with Crippen LogP contribution in [0.4, 0.5) is 0 Å². The van der Waals surface area contributed by atoms with Gasteiger partial charge >= 0.3 is 0 Å². The van der Waals surface area contributed by atoms with Crippen LogP contribution in [0, 0.1) is 18.3 Å². The van der Waals surface area contributed by atoms with E-state index in [1.54, 1.807) is 11.8 Å². The molecular weight excluding hydrogens is 202 g/mol. The quantitative estimate of drug-likeness (QED) is 0.710. The predicted octanol–water partition coefficient (Wildman–Crippen LogP) is 4.17. The van der Waals surface area contributed by atoms with Crippen LogP contribution in [0.2, 0.25) is 0 Å². The van der Waals surface area contributed by atoms with Gasteiger partial charge in [0.25, 0.3) is 0 Å². The summed E-state index contributed by atoms with van der Waals surface area (Å²) in [6.45, 7) is 6.23. The summed E-state index contributed by atoms with van der Waals surface area (Å²) in [5, 5.41) is 9.22. The second-order valence-corrected chi connectivity index (χ2v) is 5.19. The van der Waals surface area contributed by atoms with E-state index in [4.69, 9.17) is 0 Å². The first kappa shape index (κ1) is 12.1. The van der Waals surface area contributed by atoms with Crippen LogP contribution in [-0.4, -0.2) is 4.75 Å². The third-order valence-corrected chi connectivity index (χ3v) is 4.25. The second kappa shape index (κ2) is 5.23. The van der Waals surface area contributed by atoms with E-state index in [9.17, 15) is 5.26 Å². The van der Waals surface area contributed by atoms with Crippen molar-refractivity contribution in [1.29, 1.82) is 5.26 Å². The molecule has 0 saturated heterocycles. The van der Waals surface area contributed by atoms with E-state index in [-0.39, 0.29) is 4.75 Å². The fraction of sp³-hybridized carbons (Fsp3) is 0.462. The standard InChI is InChI=1S/C13H17NS/c1-4-13(5-2,10-14)15-12-8-6-11(3)7-9-12/h6-9H,4-5H2,1-3H3. The lowest BCUT2D eigenvalue weighted by Crippen LogP contribution is -2.19. The van der Waals surface area contributed by atoms with Crippen LogP contribution < -0.4 is 0 Å². The summed E-state index contributed by atoms with van der Waals surface area (Å²) in [5.41, 5.74) is 1.26. The average Bonchev–Trinajstić information content (AvgIpc) is 2.29. The van der Waals surface area contributed by atoms with Gasteiger partial charge in [0, 0.05) is 4.90 Å². The van der Waals surface area contributed by atoms with Gasteiger partial charge in [0.15, 0.2) is 0 Å². The van der Waals surface area contributed by atoms with Crippen LogP contribution in [0.1, 0.15) is 32.3 Å². The third kappa shape index (κ3) is 3.00. The molecule has 0 aliphatic rings. The predicted molar refractivity (Wildman–Crippen MR) is 66.0 cm³/mol. The first-order valence-electron chi connectivity index (χ1n) is 5.32. The van der Waals surface area contributed by atoms with E-state index >= 15 is 0 Å². The Morgan fingerprint density at radius 1 is 1.20 bits per heavy atom. The SMILES string of the molecule is CCC(C#N)(CC)Sc1ccc(C)cc1. The molecule has 15 heavy (non-hydrogen) atoms. The molecule has 0 aromatic heterocycles. The van der Waals surface area contributed by atoms with Gasteiger partial charge in [-0.1, -0.05) is 31.5 Å². The van der Waals surface area contributed by atoms with Crippen molar-refractivity contribution in [2.45, 2.75) is 43.3 Å². The Morgan fingerprint density at radius 2 is 1.73 bits per heavy atom. The number of nitriles is 1. The fourth-order valence-electron chi connectivity index (χ4n) is 1.41. The van der Waals surface area contributed by atoms with Gasteiger partial charge in [-0.15, -0.1) is 11.8 Å². The zero-order valence-electron chi connectivity index (χ0n) is 9.58. The lowest BCUT2D eigenvalue weighted by atomic mass is 10.1. The van der Waals surface area contributed by atoms with Crippen molar-refractivity contribution in [2.75, 3.05) is 0 Å². The zero-order chi connectivity index (χ0) is 11.3. The summed E-state index contributed by atoms with van der Waals surface area (Å²) >= 11 is 1.68. The molecule has 0 atom stereocenters. The van der Waals surface area contributed by atoms with E-state index in [0.29, 0.717) is 0 Å². The molecule has 0 aliphatic heterocycles. The number of hydrogen-bond donors (Lipinski definition) is 0. The lowest BCUT2D eigenvalue weighted by molar-refractivity contribution is 0.672. The van der Waals surface area contributed by atoms with Crippen LogP contribution in [0.5, 0.6) is 0 Å². The summed E-state index contributed by atoms with van der Waals surface area (Å²) in [5.74, 6) is 0. The molecule has 1 rings (SSSR count). The number of aryl methyl sites for hydroxylation is 1. The molecule has 1 aromatic rings. The molecule has 0 bridgehead atoms. The molecule has 0 radical (unpaired) electrons. The molecule has 0 N–H and O–H groups in total. The minimum atomic E-state index is -0.255. The summed E-state index contributed by atoms with van der Waals surface area (Å²) in [7, 11) is 0. The van der Waals surface area contributed by atoms with Crippen molar-refractivity contribution in [3.05, 3.63) is 29.8 Å². The van der Waals surface area contributed by atoms with Crippen molar-refractivity contribution in [3.63, 3.8) is 0 Å². The van der Waals surface area contributed by atoms with E-state index in [1.807, 2.05) is 0 Å². The number of nitrogens with zero attached hydrogens (tertiary/aromatic N) is 1. The normalized spacial score (nSPS) is 11.1. The molecular formula is C13H17NS. The highest BCUT2D eigenvalue weighted by molar-refractivity contribution is 8.01. The Hall–Kier alpha value is -0.940. The van der Waals surface area contributed by atoms with E-state index in [0.717, 1.165) is 12.8 Å². The highest BCUT2D eigenvalue weighted by atomic mass is 32.2. The van der Waals surface area contributed by atoms with Gasteiger partial charge in [-0.05, 0) is 31.9 Å². The van der Waals surface area contributed by atoms with Gasteiger partial charge in [0.1, 0.15) is 4.75 Å². The number of hydrogen-bond acceptors (Lipinski definition) is 2. The Bertz CT molecular complexity index is 344. The van der Waals surface area contributed by atoms with E-state index in [1.165, 1.54) is 10.5 Å². The Balaban J connectivity index is 2.84. The minimum Gasteiger partial charge on any atom is -0.197 e. The van der Waals surface area contributed by atoms with Gasteiger partial charge < -0.3 is 0 Å². The van der Waals surface area contributed by atoms with Crippen LogP contribution in [0.25, 0.3) is 0 Å². The van der Waals surface area contributed by atoms with Crippen molar-refractivity contribution in [1.82, 2.24) is 0 Å². The minimum absolute atomic E-state index is 0.255. The van der Waals surface area contributed by atoms with Crippen LogP contribution in [-0.2, 0) is 0 Å². The maximum absolute atomic E-state index is 9.22. The number of benzene rings is 1. The molecule has 2 heteroatoms. The molecule has 1 aromatic carbocycles. The van der Waals surface area contributed by atoms with E-state index < -0.39 is 0 Å². The highest BCUT2D eigenvalue weighted by Crippen LogP contribution is 2.37. The monoisotopic (exact) mass is 219 g/mol. The largest absolute Gasteiger partial charge is 0.197 e. The summed E-state index contributed by atoms with van der Waals surface area (Å²) in [6, 6.07) is 10.8. The smallest absolute Gasteiger partial charge is 0.106 e. The summed E-state index contributed by atoms with van der Waals surface area (Å²) < 4.78 is -0.255. The lowest BCUT2D eigenvalue weighted by Gasteiger charge is -2.22. The van der Waals surface area contributed by atoms with Crippen molar-refractivity contribution < 1.29 is 0 Å². The molecule has 0 fully saturated rings. The maximum atomic E-state index is 9.22. The van der Waals surface area contributed by atoms with Crippen LogP contribution in [0.15, 0.2) is 29.2 Å². The van der Waals surface area contributed by atoms with Gasteiger partial charge in [0.2, 0.25) is 0 Å². The van der Waals surface area contributed by atoms with Crippen LogP contribution >= 0.6 is 11.8 Å². The average molecular weight is 219 g/mol. The zero-order valence-corrected chi connectivity index (χ0v) is 10.4. The molecule has 0 heterocycles.